The number of nitrogens with one attached hydrogen (secondary N) is 2. The van der Waals surface area contributed by atoms with Gasteiger partial charge in [0.15, 0.2) is 0 Å². The van der Waals surface area contributed by atoms with E-state index in [1.54, 1.807) is 44.2 Å². The smallest absolute Gasteiger partial charge is 0.253 e. The first-order valence-electron chi connectivity index (χ1n) is 9.29. The lowest BCUT2D eigenvalue weighted by molar-refractivity contribution is -0.126. The van der Waals surface area contributed by atoms with Gasteiger partial charge in [-0.2, -0.15) is 0 Å². The molecular formula is C21H21Cl5N2O3. The van der Waals surface area contributed by atoms with Gasteiger partial charge in [-0.3, -0.25) is 9.59 Å². The van der Waals surface area contributed by atoms with Crippen LogP contribution in [0, 0.1) is 0 Å². The Morgan fingerprint density at radius 2 is 1.61 bits per heavy atom. The second-order valence-corrected chi connectivity index (χ2v) is 9.91. The van der Waals surface area contributed by atoms with Crippen molar-refractivity contribution in [1.82, 2.24) is 0 Å². The minimum atomic E-state index is -1.46. The molecule has 5 nitrogen and oxygen atoms in total. The third kappa shape index (κ3) is 7.41. The Labute approximate surface area is 206 Å². The number of hydrogen-bond donors (Lipinski definition) is 2. The Bertz CT molecular complexity index is 942. The summed E-state index contributed by atoms with van der Waals surface area (Å²) in [6.45, 7) is 5.31. The van der Waals surface area contributed by atoms with E-state index in [9.17, 15) is 9.59 Å². The number of alkyl halides is 2. The van der Waals surface area contributed by atoms with Gasteiger partial charge < -0.3 is 15.4 Å². The topological polar surface area (TPSA) is 67.4 Å². The number of amides is 2. The van der Waals surface area contributed by atoms with Crippen LogP contribution in [0.5, 0.6) is 0 Å². The predicted octanol–water partition coefficient (Wildman–Crippen LogP) is 6.93. The summed E-state index contributed by atoms with van der Waals surface area (Å²) in [5, 5.41) is 6.42. The first-order chi connectivity index (χ1) is 14.4. The van der Waals surface area contributed by atoms with Gasteiger partial charge in [-0.1, -0.05) is 34.8 Å². The molecule has 0 aliphatic rings. The molecule has 168 valence electrons. The van der Waals surface area contributed by atoms with Gasteiger partial charge in [0.25, 0.3) is 5.91 Å². The summed E-state index contributed by atoms with van der Waals surface area (Å²) < 4.78 is 3.81. The molecule has 0 bridgehead atoms. The summed E-state index contributed by atoms with van der Waals surface area (Å²) in [6, 6.07) is 9.34. The highest BCUT2D eigenvalue weighted by Gasteiger charge is 2.37. The van der Waals surface area contributed by atoms with Crippen molar-refractivity contribution in [3.8, 4) is 0 Å². The van der Waals surface area contributed by atoms with E-state index < -0.39 is 22.3 Å². The van der Waals surface area contributed by atoms with Crippen molar-refractivity contribution in [2.24, 2.45) is 0 Å². The van der Waals surface area contributed by atoms with Crippen molar-refractivity contribution in [2.45, 2.75) is 37.1 Å². The molecule has 0 spiro atoms. The molecule has 2 N–H and O–H groups in total. The van der Waals surface area contributed by atoms with Crippen LogP contribution in [-0.2, 0) is 14.3 Å². The van der Waals surface area contributed by atoms with Crippen molar-refractivity contribution in [2.75, 3.05) is 17.2 Å². The summed E-state index contributed by atoms with van der Waals surface area (Å²) in [5.74, 6) is -1.85. The largest absolute Gasteiger partial charge is 0.369 e. The zero-order chi connectivity index (χ0) is 23.3. The number of rotatable bonds is 8. The average molecular weight is 527 g/mol. The summed E-state index contributed by atoms with van der Waals surface area (Å²) >= 11 is 31.0. The highest BCUT2D eigenvalue weighted by Crippen LogP contribution is 2.40. The minimum absolute atomic E-state index is 0.299. The maximum Gasteiger partial charge on any atom is 0.253 e. The lowest BCUT2D eigenvalue weighted by atomic mass is 9.94. The number of benzene rings is 2. The van der Waals surface area contributed by atoms with E-state index in [4.69, 9.17) is 62.7 Å². The fraction of sp³-hybridized carbons (Fsp3) is 0.333. The molecule has 2 amide bonds. The van der Waals surface area contributed by atoms with E-state index in [1.165, 1.54) is 13.0 Å². The minimum Gasteiger partial charge on any atom is -0.369 e. The maximum absolute atomic E-state index is 13.1. The van der Waals surface area contributed by atoms with Gasteiger partial charge in [-0.25, -0.2) is 0 Å². The number of hydrogen-bond acceptors (Lipinski definition) is 3. The van der Waals surface area contributed by atoms with Crippen LogP contribution >= 0.6 is 58.0 Å². The van der Waals surface area contributed by atoms with Crippen molar-refractivity contribution in [3.05, 3.63) is 57.0 Å². The molecule has 2 aromatic carbocycles. The number of carbonyl (C=O) groups excluding carboxylic acids is 2. The molecule has 2 atom stereocenters. The van der Waals surface area contributed by atoms with Crippen LogP contribution in [-0.4, -0.2) is 28.9 Å². The second-order valence-electron chi connectivity index (χ2n) is 6.86. The van der Waals surface area contributed by atoms with Crippen molar-refractivity contribution < 1.29 is 14.3 Å². The molecule has 0 saturated carbocycles. The zero-order valence-electron chi connectivity index (χ0n) is 16.9. The normalized spacial score (nSPS) is 13.4. The highest BCUT2D eigenvalue weighted by atomic mass is 35.5. The van der Waals surface area contributed by atoms with Crippen molar-refractivity contribution in [3.63, 3.8) is 0 Å². The predicted molar refractivity (Wildman–Crippen MR) is 129 cm³/mol. The van der Waals surface area contributed by atoms with Crippen LogP contribution in [0.25, 0.3) is 0 Å². The maximum atomic E-state index is 13.1. The Hall–Kier alpha value is -1.21. The Morgan fingerprint density at radius 1 is 1.00 bits per heavy atom. The van der Waals surface area contributed by atoms with E-state index >= 15 is 0 Å². The molecule has 2 rings (SSSR count). The van der Waals surface area contributed by atoms with Gasteiger partial charge in [0.1, 0.15) is 10.4 Å². The standard InChI is InChI=1S/C21H21Cl5N2O3/c1-4-31-11(2)19(29)28-17-10-15(5-6-16(17)24)27-20(30)18(21(3,25)26)12-7-13(22)9-14(23)8-12/h5-11,18H,4H2,1-3H3,(H,27,30)(H,28,29). The Morgan fingerprint density at radius 3 is 2.16 bits per heavy atom. The molecule has 0 heterocycles. The van der Waals surface area contributed by atoms with Gasteiger partial charge in [0, 0.05) is 22.3 Å². The number of anilines is 2. The Balaban J connectivity index is 2.29. The highest BCUT2D eigenvalue weighted by molar-refractivity contribution is 6.50. The van der Waals surface area contributed by atoms with E-state index in [2.05, 4.69) is 10.6 Å². The molecule has 10 heteroatoms. The summed E-state index contributed by atoms with van der Waals surface area (Å²) in [5.41, 5.74) is 1.15. The lowest BCUT2D eigenvalue weighted by Crippen LogP contribution is -2.32. The van der Waals surface area contributed by atoms with Crippen molar-refractivity contribution in [1.29, 1.82) is 0 Å². The van der Waals surface area contributed by atoms with Crippen LogP contribution in [0.4, 0.5) is 11.4 Å². The molecule has 0 aromatic heterocycles. The summed E-state index contributed by atoms with van der Waals surface area (Å²) in [7, 11) is 0. The van der Waals surface area contributed by atoms with Gasteiger partial charge >= 0.3 is 0 Å². The first kappa shape index (κ1) is 26.0. The molecule has 0 fully saturated rings. The first-order valence-corrected chi connectivity index (χ1v) is 11.2. The molecule has 2 unspecified atom stereocenters. The Kier molecular flexibility index (Phi) is 9.31. The van der Waals surface area contributed by atoms with Gasteiger partial charge in [-0.15, -0.1) is 23.2 Å². The van der Waals surface area contributed by atoms with E-state index in [0.717, 1.165) is 0 Å². The molecule has 2 aromatic rings. The fourth-order valence-electron chi connectivity index (χ4n) is 2.89. The van der Waals surface area contributed by atoms with E-state index in [1.807, 2.05) is 0 Å². The van der Waals surface area contributed by atoms with Gasteiger partial charge in [-0.05, 0) is 62.7 Å². The molecular weight excluding hydrogens is 506 g/mol. The van der Waals surface area contributed by atoms with E-state index in [0.29, 0.717) is 38.6 Å². The monoisotopic (exact) mass is 524 g/mol. The molecule has 31 heavy (non-hydrogen) atoms. The van der Waals surface area contributed by atoms with Crippen LogP contribution in [0.2, 0.25) is 15.1 Å². The summed E-state index contributed by atoms with van der Waals surface area (Å²) in [6.07, 6.45) is -0.663. The third-order valence-electron chi connectivity index (χ3n) is 4.26. The van der Waals surface area contributed by atoms with Gasteiger partial charge in [0.2, 0.25) is 5.91 Å². The molecule has 0 aliphatic carbocycles. The average Bonchev–Trinajstić information content (AvgIpc) is 2.62. The number of carbonyl (C=O) groups is 2. The number of halogens is 5. The zero-order valence-corrected chi connectivity index (χ0v) is 20.7. The molecule has 0 saturated heterocycles. The quantitative estimate of drug-likeness (QED) is 0.367. The van der Waals surface area contributed by atoms with Crippen LogP contribution in [0.1, 0.15) is 32.3 Å². The molecule has 0 radical (unpaired) electrons. The van der Waals surface area contributed by atoms with Crippen molar-refractivity contribution >= 4 is 81.2 Å². The lowest BCUT2D eigenvalue weighted by Gasteiger charge is -2.26. The van der Waals surface area contributed by atoms with Crippen LogP contribution in [0.15, 0.2) is 36.4 Å². The van der Waals surface area contributed by atoms with Crippen LogP contribution in [0.3, 0.4) is 0 Å². The number of ether oxygens (including phenoxy) is 1. The second kappa shape index (κ2) is 11.1. The third-order valence-corrected chi connectivity index (χ3v) is 5.47. The SMILES string of the molecule is CCOC(C)C(=O)Nc1cc(NC(=O)C(c2cc(Cl)cc(Cl)c2)C(C)(Cl)Cl)ccc1Cl. The fourth-order valence-corrected chi connectivity index (χ4v) is 4.05. The van der Waals surface area contributed by atoms with E-state index in [-0.39, 0.29) is 5.91 Å². The molecule has 0 aliphatic heterocycles. The van der Waals surface area contributed by atoms with Gasteiger partial charge in [0.05, 0.1) is 16.6 Å². The summed E-state index contributed by atoms with van der Waals surface area (Å²) in [4.78, 5) is 25.3. The van der Waals surface area contributed by atoms with Crippen LogP contribution < -0.4 is 10.6 Å².